The maximum Gasteiger partial charge on any atom is 0.205 e. The van der Waals surface area contributed by atoms with Crippen LogP contribution in [-0.2, 0) is 0 Å². The van der Waals surface area contributed by atoms with Crippen molar-refractivity contribution in [2.75, 3.05) is 14.1 Å². The summed E-state index contributed by atoms with van der Waals surface area (Å²) < 4.78 is 5.83. The average molecular weight is 306 g/mol. The van der Waals surface area contributed by atoms with Crippen LogP contribution in [-0.4, -0.2) is 24.8 Å². The number of carbonyl (C=O) groups excluding carboxylic acids is 1. The van der Waals surface area contributed by atoms with Crippen molar-refractivity contribution in [3.63, 3.8) is 0 Å². The Bertz CT molecular complexity index is 786. The highest BCUT2D eigenvalue weighted by Gasteiger charge is 2.13. The van der Waals surface area contributed by atoms with Crippen LogP contribution in [0.5, 0.6) is 11.5 Å². The van der Waals surface area contributed by atoms with Crippen molar-refractivity contribution < 1.29 is 9.53 Å². The largest absolute Gasteiger partial charge is 0.457 e. The molecular formula is C19H18N2O2. The second-order valence-corrected chi connectivity index (χ2v) is 5.34. The lowest BCUT2D eigenvalue weighted by Crippen LogP contribution is -2.09. The summed E-state index contributed by atoms with van der Waals surface area (Å²) in [6.07, 6.45) is 1.51. The minimum absolute atomic E-state index is 0.0861. The highest BCUT2D eigenvalue weighted by molar-refractivity contribution is 6.11. The third-order valence-electron chi connectivity index (χ3n) is 3.17. The first-order valence-electron chi connectivity index (χ1n) is 7.18. The molecule has 0 unspecified atom stereocenters. The minimum Gasteiger partial charge on any atom is -0.457 e. The summed E-state index contributed by atoms with van der Waals surface area (Å²) in [7, 11) is 3.53. The van der Waals surface area contributed by atoms with Gasteiger partial charge in [0.2, 0.25) is 5.78 Å². The third kappa shape index (κ3) is 4.21. The predicted molar refractivity (Wildman–Crippen MR) is 89.4 cm³/mol. The predicted octanol–water partition coefficient (Wildman–Crippen LogP) is 3.94. The Morgan fingerprint density at radius 2 is 1.91 bits per heavy atom. The number of nitrogens with zero attached hydrogens (tertiary/aromatic N) is 2. The van der Waals surface area contributed by atoms with Crippen molar-refractivity contribution in [3.05, 3.63) is 71.4 Å². The van der Waals surface area contributed by atoms with E-state index in [1.54, 1.807) is 43.3 Å². The van der Waals surface area contributed by atoms with Gasteiger partial charge in [-0.15, -0.1) is 0 Å². The monoisotopic (exact) mass is 306 g/mol. The standard InChI is InChI=1S/C19H18N2O2/c1-14-7-4-5-10-18(14)23-17-9-6-8-15(11-17)19(22)16(12-20)13-21(2)3/h4-11,13H,1-3H3/b16-13+. The average Bonchev–Trinajstić information content (AvgIpc) is 2.54. The third-order valence-corrected chi connectivity index (χ3v) is 3.17. The van der Waals surface area contributed by atoms with E-state index in [1.807, 2.05) is 37.3 Å². The molecule has 0 amide bonds. The van der Waals surface area contributed by atoms with Crippen molar-refractivity contribution in [2.24, 2.45) is 0 Å². The van der Waals surface area contributed by atoms with Gasteiger partial charge in [-0.05, 0) is 30.7 Å². The Hall–Kier alpha value is -3.06. The minimum atomic E-state index is -0.323. The van der Waals surface area contributed by atoms with Gasteiger partial charge >= 0.3 is 0 Å². The molecular weight excluding hydrogens is 288 g/mol. The number of ketones is 1. The number of aryl methyl sites for hydroxylation is 1. The molecule has 2 aromatic rings. The fourth-order valence-electron chi connectivity index (χ4n) is 2.05. The van der Waals surface area contributed by atoms with E-state index in [0.717, 1.165) is 11.3 Å². The topological polar surface area (TPSA) is 53.3 Å². The van der Waals surface area contributed by atoms with Crippen LogP contribution in [0.3, 0.4) is 0 Å². The smallest absolute Gasteiger partial charge is 0.205 e. The van der Waals surface area contributed by atoms with Crippen LogP contribution in [0, 0.1) is 18.3 Å². The van der Waals surface area contributed by atoms with Gasteiger partial charge in [-0.25, -0.2) is 0 Å². The summed E-state index contributed by atoms with van der Waals surface area (Å²) in [5.74, 6) is 0.977. The molecule has 0 spiro atoms. The molecule has 0 atom stereocenters. The lowest BCUT2D eigenvalue weighted by molar-refractivity contribution is 0.103. The Kier molecular flexibility index (Phi) is 5.16. The Labute approximate surface area is 136 Å². The maximum atomic E-state index is 12.4. The number of carbonyl (C=O) groups is 1. The van der Waals surface area contributed by atoms with E-state index >= 15 is 0 Å². The van der Waals surface area contributed by atoms with Crippen LogP contribution in [0.2, 0.25) is 0 Å². The Morgan fingerprint density at radius 3 is 2.57 bits per heavy atom. The quantitative estimate of drug-likeness (QED) is 0.477. The number of rotatable bonds is 5. The molecule has 0 bridgehead atoms. The molecule has 0 aliphatic heterocycles. The van der Waals surface area contributed by atoms with Crippen LogP contribution in [0.4, 0.5) is 0 Å². The SMILES string of the molecule is Cc1ccccc1Oc1cccc(C(=O)/C(C#N)=C/N(C)C)c1. The molecule has 4 heteroatoms. The summed E-state index contributed by atoms with van der Waals surface area (Å²) in [5, 5.41) is 9.15. The first-order valence-corrected chi connectivity index (χ1v) is 7.18. The fourth-order valence-corrected chi connectivity index (χ4v) is 2.05. The van der Waals surface area contributed by atoms with Gasteiger partial charge < -0.3 is 9.64 Å². The van der Waals surface area contributed by atoms with Gasteiger partial charge in [0.15, 0.2) is 0 Å². The van der Waals surface area contributed by atoms with Gasteiger partial charge in [0.1, 0.15) is 23.1 Å². The van der Waals surface area contributed by atoms with Crippen molar-refractivity contribution in [2.45, 2.75) is 6.92 Å². The highest BCUT2D eigenvalue weighted by atomic mass is 16.5. The molecule has 0 aromatic heterocycles. The zero-order valence-electron chi connectivity index (χ0n) is 13.4. The van der Waals surface area contributed by atoms with Crippen molar-refractivity contribution in [3.8, 4) is 17.6 Å². The van der Waals surface area contributed by atoms with E-state index in [4.69, 9.17) is 10.00 Å². The van der Waals surface area contributed by atoms with Crippen molar-refractivity contribution in [1.29, 1.82) is 5.26 Å². The highest BCUT2D eigenvalue weighted by Crippen LogP contribution is 2.25. The van der Waals surface area contributed by atoms with Crippen LogP contribution < -0.4 is 4.74 Å². The molecule has 116 valence electrons. The molecule has 0 radical (unpaired) electrons. The number of nitriles is 1. The van der Waals surface area contributed by atoms with E-state index < -0.39 is 0 Å². The number of hydrogen-bond donors (Lipinski definition) is 0. The molecule has 0 aliphatic carbocycles. The normalized spacial score (nSPS) is 10.8. The summed E-state index contributed by atoms with van der Waals surface area (Å²) >= 11 is 0. The number of para-hydroxylation sites is 1. The van der Waals surface area contributed by atoms with Crippen LogP contribution in [0.25, 0.3) is 0 Å². The molecule has 4 nitrogen and oxygen atoms in total. The molecule has 0 N–H and O–H groups in total. The number of benzene rings is 2. The number of allylic oxidation sites excluding steroid dienone is 1. The fraction of sp³-hybridized carbons (Fsp3) is 0.158. The molecule has 2 aromatic carbocycles. The van der Waals surface area contributed by atoms with E-state index in [9.17, 15) is 4.79 Å². The van der Waals surface area contributed by atoms with Crippen LogP contribution in [0.1, 0.15) is 15.9 Å². The summed E-state index contributed by atoms with van der Waals surface area (Å²) in [5.41, 5.74) is 1.52. The van der Waals surface area contributed by atoms with E-state index in [2.05, 4.69) is 0 Å². The van der Waals surface area contributed by atoms with Crippen molar-refractivity contribution in [1.82, 2.24) is 4.90 Å². The zero-order chi connectivity index (χ0) is 16.8. The van der Waals surface area contributed by atoms with Gasteiger partial charge in [-0.3, -0.25) is 4.79 Å². The Morgan fingerprint density at radius 1 is 1.17 bits per heavy atom. The lowest BCUT2D eigenvalue weighted by atomic mass is 10.0. The summed E-state index contributed by atoms with van der Waals surface area (Å²) in [6, 6.07) is 16.4. The van der Waals surface area contributed by atoms with Gasteiger partial charge in [-0.2, -0.15) is 5.26 Å². The maximum absolute atomic E-state index is 12.4. The number of Topliss-reactive ketones (excluding diaryl/α,β-unsaturated/α-hetero) is 1. The molecule has 0 saturated carbocycles. The second-order valence-electron chi connectivity index (χ2n) is 5.34. The molecule has 0 aliphatic rings. The second kappa shape index (κ2) is 7.28. The molecule has 0 fully saturated rings. The lowest BCUT2D eigenvalue weighted by Gasteiger charge is -2.10. The van der Waals surface area contributed by atoms with Gasteiger partial charge in [0, 0.05) is 25.9 Å². The summed E-state index contributed by atoms with van der Waals surface area (Å²) in [4.78, 5) is 14.1. The van der Waals surface area contributed by atoms with Crippen LogP contribution >= 0.6 is 0 Å². The van der Waals surface area contributed by atoms with E-state index in [0.29, 0.717) is 11.3 Å². The van der Waals surface area contributed by atoms with E-state index in [1.165, 1.54) is 6.20 Å². The number of hydrogen-bond acceptors (Lipinski definition) is 4. The van der Waals surface area contributed by atoms with Crippen LogP contribution in [0.15, 0.2) is 60.3 Å². The molecule has 0 saturated heterocycles. The zero-order valence-corrected chi connectivity index (χ0v) is 13.4. The van der Waals surface area contributed by atoms with Gasteiger partial charge in [-0.1, -0.05) is 30.3 Å². The number of ether oxygens (including phenoxy) is 1. The first-order chi connectivity index (χ1) is 11.0. The summed E-state index contributed by atoms with van der Waals surface area (Å²) in [6.45, 7) is 1.96. The Balaban J connectivity index is 2.28. The molecule has 2 rings (SSSR count). The molecule has 0 heterocycles. The van der Waals surface area contributed by atoms with E-state index in [-0.39, 0.29) is 11.4 Å². The molecule has 23 heavy (non-hydrogen) atoms. The van der Waals surface area contributed by atoms with Crippen molar-refractivity contribution >= 4 is 5.78 Å². The first kappa shape index (κ1) is 16.3. The van der Waals surface area contributed by atoms with Gasteiger partial charge in [0.05, 0.1) is 0 Å². The van der Waals surface area contributed by atoms with Gasteiger partial charge in [0.25, 0.3) is 0 Å².